The third kappa shape index (κ3) is 51.5. The fourth-order valence-electron chi connectivity index (χ4n) is 0.898. The molecule has 0 aromatic heterocycles. The molecular formula is C11H25NY4-6. The van der Waals surface area contributed by atoms with Gasteiger partial charge >= 0.3 is 0 Å². The first-order valence-electron chi connectivity index (χ1n) is 3.52. The average Bonchev–Trinajstić information content (AvgIpc) is 1.93. The Hall–Kier alpha value is 4.38. The topological polar surface area (TPSA) is 12.0 Å². The van der Waals surface area contributed by atoms with Gasteiger partial charge < -0.3 is 48.1 Å². The SMILES string of the molecule is [CH-]1CCCCC1.[CH2-]N[CH2-].[CH3-].[CH3-].[CH3-].[Y].[Y].[Y].[Y]. The summed E-state index contributed by atoms with van der Waals surface area (Å²) >= 11 is 0. The number of rotatable bonds is 0. The van der Waals surface area contributed by atoms with E-state index >= 15 is 0 Å². The van der Waals surface area contributed by atoms with Crippen molar-refractivity contribution in [3.8, 4) is 0 Å². The number of hydrogen-bond donors (Lipinski definition) is 1. The molecule has 1 saturated carbocycles. The quantitative estimate of drug-likeness (QED) is 0.475. The summed E-state index contributed by atoms with van der Waals surface area (Å²) < 4.78 is 0. The molecule has 1 rings (SSSR count). The number of nitrogens with one attached hydrogen (secondary N) is 1. The van der Waals surface area contributed by atoms with Crippen molar-refractivity contribution in [2.24, 2.45) is 0 Å². The van der Waals surface area contributed by atoms with Crippen LogP contribution in [0.1, 0.15) is 32.1 Å². The summed E-state index contributed by atoms with van der Waals surface area (Å²) in [5.74, 6) is 0. The first kappa shape index (κ1) is 49.9. The molecule has 0 unspecified atom stereocenters. The van der Waals surface area contributed by atoms with Crippen LogP contribution in [0.15, 0.2) is 0 Å². The van der Waals surface area contributed by atoms with Crippen molar-refractivity contribution in [1.29, 1.82) is 0 Å². The van der Waals surface area contributed by atoms with Gasteiger partial charge in [-0.2, -0.15) is 12.8 Å². The third-order valence-corrected chi connectivity index (χ3v) is 1.32. The molecule has 0 bridgehead atoms. The summed E-state index contributed by atoms with van der Waals surface area (Å²) in [6.07, 6.45) is 9.50. The molecule has 1 aliphatic rings. The first-order chi connectivity index (χ1) is 4.41. The van der Waals surface area contributed by atoms with Crippen LogP contribution < -0.4 is 5.32 Å². The van der Waals surface area contributed by atoms with E-state index in [1.165, 1.54) is 32.1 Å². The van der Waals surface area contributed by atoms with E-state index < -0.39 is 0 Å². The molecule has 0 spiro atoms. The molecule has 92 valence electrons. The van der Waals surface area contributed by atoms with E-state index in [1.807, 2.05) is 0 Å². The smallest absolute Gasteiger partial charge is 0 e. The molecule has 5 heteroatoms. The van der Waals surface area contributed by atoms with E-state index in [9.17, 15) is 0 Å². The zero-order valence-electron chi connectivity index (χ0n) is 11.3. The first-order valence-corrected chi connectivity index (χ1v) is 3.52. The van der Waals surface area contributed by atoms with Crippen molar-refractivity contribution in [2.45, 2.75) is 32.1 Å². The predicted molar refractivity (Wildman–Crippen MR) is 60.5 cm³/mol. The van der Waals surface area contributed by atoms with Gasteiger partial charge in [0.05, 0.1) is 0 Å². The molecule has 0 aliphatic heterocycles. The van der Waals surface area contributed by atoms with Crippen LogP contribution in [0.2, 0.25) is 0 Å². The fourth-order valence-corrected chi connectivity index (χ4v) is 0.898. The van der Waals surface area contributed by atoms with Crippen LogP contribution in [0.3, 0.4) is 0 Å². The van der Waals surface area contributed by atoms with Crippen LogP contribution in [0, 0.1) is 42.8 Å². The van der Waals surface area contributed by atoms with E-state index in [1.54, 1.807) is 0 Å². The van der Waals surface area contributed by atoms with Crippen molar-refractivity contribution in [1.82, 2.24) is 5.32 Å². The van der Waals surface area contributed by atoms with Crippen LogP contribution >= 0.6 is 0 Å². The van der Waals surface area contributed by atoms with Gasteiger partial charge in [-0.3, -0.25) is 0 Å². The Kier molecular flexibility index (Phi) is 158. The summed E-state index contributed by atoms with van der Waals surface area (Å²) in [4.78, 5) is 0. The van der Waals surface area contributed by atoms with Gasteiger partial charge in [0, 0.05) is 131 Å². The van der Waals surface area contributed by atoms with Gasteiger partial charge in [-0.15, -0.1) is 0 Å². The van der Waals surface area contributed by atoms with Crippen LogP contribution in [-0.2, 0) is 131 Å². The second-order valence-corrected chi connectivity index (χ2v) is 2.18. The molecule has 1 fully saturated rings. The number of hydrogen-bond acceptors (Lipinski definition) is 1. The minimum atomic E-state index is 0. The Balaban J connectivity index is -0.0000000101. The van der Waals surface area contributed by atoms with Crippen LogP contribution in [0.5, 0.6) is 0 Å². The molecule has 0 amide bonds. The Labute approximate surface area is 206 Å². The standard InChI is InChI=1S/C6H11.C2H5N.3CH3.4Y/c1-2-4-6-5-3-1;1-3-2;;;;;;;/h1H,2-6H2;3H,1-2H2;3*1H3;;;;/q-1;-2;3*-1;;;;. The van der Waals surface area contributed by atoms with Crippen LogP contribution in [0.25, 0.3) is 0 Å². The molecular weight excluding hydrogens is 502 g/mol. The third-order valence-electron chi connectivity index (χ3n) is 1.32. The van der Waals surface area contributed by atoms with Crippen LogP contribution in [0.4, 0.5) is 0 Å². The van der Waals surface area contributed by atoms with Gasteiger partial charge in [-0.05, 0) is 0 Å². The zero-order valence-corrected chi connectivity index (χ0v) is 22.7. The largest absolute Gasteiger partial charge is 0.623 e. The minimum Gasteiger partial charge on any atom is -0.623 e. The van der Waals surface area contributed by atoms with Crippen LogP contribution in [-0.4, -0.2) is 0 Å². The minimum absolute atomic E-state index is 0. The Morgan fingerprint density at radius 2 is 0.938 bits per heavy atom. The van der Waals surface area contributed by atoms with Crippen molar-refractivity contribution < 1.29 is 131 Å². The molecule has 0 atom stereocenters. The summed E-state index contributed by atoms with van der Waals surface area (Å²) in [7, 11) is 6.25. The van der Waals surface area contributed by atoms with E-state index in [4.69, 9.17) is 0 Å². The zero-order chi connectivity index (χ0) is 6.95. The van der Waals surface area contributed by atoms with E-state index in [0.29, 0.717) is 0 Å². The van der Waals surface area contributed by atoms with Crippen molar-refractivity contribution >= 4 is 0 Å². The van der Waals surface area contributed by atoms with Gasteiger partial charge in [0.1, 0.15) is 0 Å². The summed E-state index contributed by atoms with van der Waals surface area (Å²) in [6.45, 7) is 0. The normalized spacial score (nSPS) is 10.1. The van der Waals surface area contributed by atoms with E-state index in [-0.39, 0.29) is 153 Å². The molecule has 16 heavy (non-hydrogen) atoms. The maximum atomic E-state index is 3.12. The van der Waals surface area contributed by atoms with Crippen molar-refractivity contribution in [2.75, 3.05) is 0 Å². The van der Waals surface area contributed by atoms with Gasteiger partial charge in [0.25, 0.3) is 0 Å². The Morgan fingerprint density at radius 1 is 0.688 bits per heavy atom. The average molecular weight is 527 g/mol. The Bertz CT molecular complexity index is 41.7. The molecule has 1 N–H and O–H groups in total. The molecule has 0 heterocycles. The molecule has 0 aromatic rings. The van der Waals surface area contributed by atoms with Gasteiger partial charge in [-0.1, -0.05) is 19.3 Å². The molecule has 1 aliphatic carbocycles. The second kappa shape index (κ2) is 50.6. The van der Waals surface area contributed by atoms with Crippen molar-refractivity contribution in [3.63, 3.8) is 0 Å². The maximum absolute atomic E-state index is 3.12. The summed E-state index contributed by atoms with van der Waals surface area (Å²) in [5.41, 5.74) is 0. The molecule has 0 aromatic carbocycles. The second-order valence-electron chi connectivity index (χ2n) is 2.18. The van der Waals surface area contributed by atoms with E-state index in [2.05, 4.69) is 25.8 Å². The molecule has 1 nitrogen and oxygen atoms in total. The van der Waals surface area contributed by atoms with Gasteiger partial charge in [-0.25, -0.2) is 0 Å². The predicted octanol–water partition coefficient (Wildman–Crippen LogP) is 3.65. The molecule has 4 radical (unpaired) electrons. The molecule has 0 saturated heterocycles. The maximum Gasteiger partial charge on any atom is 0 e. The summed E-state index contributed by atoms with van der Waals surface area (Å²) in [5, 5.41) is 2.25. The van der Waals surface area contributed by atoms with Gasteiger partial charge in [0.15, 0.2) is 0 Å². The van der Waals surface area contributed by atoms with Crippen molar-refractivity contribution in [3.05, 3.63) is 42.8 Å². The Morgan fingerprint density at radius 3 is 1.00 bits per heavy atom. The summed E-state index contributed by atoms with van der Waals surface area (Å²) in [6, 6.07) is 0. The van der Waals surface area contributed by atoms with E-state index in [0.717, 1.165) is 0 Å². The van der Waals surface area contributed by atoms with Gasteiger partial charge in [0.2, 0.25) is 0 Å². The monoisotopic (exact) mass is 527 g/mol. The fraction of sp³-hybridized carbons (Fsp3) is 0.455.